The molecule has 0 heterocycles. The number of unbranched alkanes of at least 4 members (excludes halogenated alkanes) is 1. The molecule has 0 aliphatic carbocycles. The minimum Gasteiger partial charge on any atom is -0.490 e. The highest BCUT2D eigenvalue weighted by atomic mass is 35.5. The number of benzene rings is 2. The molecule has 0 aliphatic rings. The zero-order chi connectivity index (χ0) is 14.4. The predicted molar refractivity (Wildman–Crippen MR) is 81.3 cm³/mol. The van der Waals surface area contributed by atoms with E-state index in [1.807, 2.05) is 0 Å². The van der Waals surface area contributed by atoms with Crippen molar-refractivity contribution in [3.05, 3.63) is 63.9 Å². The summed E-state index contributed by atoms with van der Waals surface area (Å²) in [6.45, 7) is 0.560. The second-order valence-corrected chi connectivity index (χ2v) is 5.30. The van der Waals surface area contributed by atoms with E-state index < -0.39 is 0 Å². The average molecular weight is 313 g/mol. The second-order valence-electron chi connectivity index (χ2n) is 4.48. The molecule has 0 saturated heterocycles. The third-order valence-corrected chi connectivity index (χ3v) is 3.53. The van der Waals surface area contributed by atoms with E-state index in [1.54, 1.807) is 30.3 Å². The summed E-state index contributed by atoms with van der Waals surface area (Å²) in [5.41, 5.74) is 1.13. The highest BCUT2D eigenvalue weighted by Gasteiger charge is 2.05. The smallest absolute Gasteiger partial charge is 0.156 e. The van der Waals surface area contributed by atoms with E-state index in [-0.39, 0.29) is 5.82 Å². The third kappa shape index (κ3) is 4.39. The summed E-state index contributed by atoms with van der Waals surface area (Å²) in [5, 5.41) is 1.05. The summed E-state index contributed by atoms with van der Waals surface area (Å²) in [4.78, 5) is 0. The lowest BCUT2D eigenvalue weighted by Crippen LogP contribution is -1.99. The molecular formula is C16H15Cl2FO. The molecule has 0 atom stereocenters. The van der Waals surface area contributed by atoms with Gasteiger partial charge in [-0.1, -0.05) is 41.4 Å². The molecule has 1 nitrogen and oxygen atoms in total. The standard InChI is InChI=1S/C16H15Cl2FO/c17-14-5-3-6-15(18)16(14)20-11-2-1-4-12-7-9-13(19)10-8-12/h3,5-10H,1-2,4,11H2. The van der Waals surface area contributed by atoms with Crippen LogP contribution in [0, 0.1) is 5.82 Å². The highest BCUT2D eigenvalue weighted by molar-refractivity contribution is 6.37. The van der Waals surface area contributed by atoms with Gasteiger partial charge in [0.05, 0.1) is 16.7 Å². The fourth-order valence-corrected chi connectivity index (χ4v) is 2.38. The molecule has 4 heteroatoms. The Morgan fingerprint density at radius 1 is 0.900 bits per heavy atom. The first kappa shape index (κ1) is 15.1. The molecule has 2 aromatic rings. The maximum absolute atomic E-state index is 12.7. The Hall–Kier alpha value is -1.25. The van der Waals surface area contributed by atoms with Crippen molar-refractivity contribution in [2.45, 2.75) is 19.3 Å². The fraction of sp³-hybridized carbons (Fsp3) is 0.250. The zero-order valence-corrected chi connectivity index (χ0v) is 12.4. The predicted octanol–water partition coefficient (Wildman–Crippen LogP) is 5.53. The first-order valence-electron chi connectivity index (χ1n) is 6.48. The van der Waals surface area contributed by atoms with Crippen molar-refractivity contribution < 1.29 is 9.13 Å². The van der Waals surface area contributed by atoms with Crippen molar-refractivity contribution in [1.82, 2.24) is 0 Å². The minimum absolute atomic E-state index is 0.203. The average Bonchev–Trinajstić information content (AvgIpc) is 2.43. The number of rotatable bonds is 6. The van der Waals surface area contributed by atoms with Crippen molar-refractivity contribution >= 4 is 23.2 Å². The lowest BCUT2D eigenvalue weighted by molar-refractivity contribution is 0.307. The molecule has 20 heavy (non-hydrogen) atoms. The van der Waals surface area contributed by atoms with Gasteiger partial charge < -0.3 is 4.74 Å². The summed E-state index contributed by atoms with van der Waals surface area (Å²) in [6.07, 6.45) is 2.76. The van der Waals surface area contributed by atoms with Gasteiger partial charge in [0.15, 0.2) is 5.75 Å². The van der Waals surface area contributed by atoms with Gasteiger partial charge in [-0.05, 0) is 49.1 Å². The molecule has 0 spiro atoms. The minimum atomic E-state index is -0.203. The Labute approximate surface area is 128 Å². The van der Waals surface area contributed by atoms with Crippen LogP contribution >= 0.6 is 23.2 Å². The van der Waals surface area contributed by atoms with Crippen LogP contribution in [-0.2, 0) is 6.42 Å². The van der Waals surface area contributed by atoms with E-state index in [9.17, 15) is 4.39 Å². The van der Waals surface area contributed by atoms with E-state index in [2.05, 4.69) is 0 Å². The van der Waals surface area contributed by atoms with Gasteiger partial charge in [0.25, 0.3) is 0 Å². The Morgan fingerprint density at radius 2 is 1.55 bits per heavy atom. The fourth-order valence-electron chi connectivity index (χ4n) is 1.88. The van der Waals surface area contributed by atoms with Gasteiger partial charge in [0.2, 0.25) is 0 Å². The Kier molecular flexibility index (Phi) is 5.69. The number of hydrogen-bond donors (Lipinski definition) is 0. The van der Waals surface area contributed by atoms with Gasteiger partial charge in [0, 0.05) is 0 Å². The normalized spacial score (nSPS) is 10.6. The van der Waals surface area contributed by atoms with Crippen molar-refractivity contribution in [3.8, 4) is 5.75 Å². The summed E-state index contributed by atoms with van der Waals surface area (Å²) in [7, 11) is 0. The second kappa shape index (κ2) is 7.51. The Morgan fingerprint density at radius 3 is 2.20 bits per heavy atom. The van der Waals surface area contributed by atoms with Crippen LogP contribution in [0.1, 0.15) is 18.4 Å². The lowest BCUT2D eigenvalue weighted by Gasteiger charge is -2.09. The lowest BCUT2D eigenvalue weighted by atomic mass is 10.1. The van der Waals surface area contributed by atoms with Crippen LogP contribution in [0.15, 0.2) is 42.5 Å². The molecule has 106 valence electrons. The van der Waals surface area contributed by atoms with Crippen LogP contribution < -0.4 is 4.74 Å². The summed E-state index contributed by atoms with van der Waals surface area (Å²) >= 11 is 12.0. The van der Waals surface area contributed by atoms with Crippen molar-refractivity contribution in [2.75, 3.05) is 6.61 Å². The van der Waals surface area contributed by atoms with Gasteiger partial charge in [-0.25, -0.2) is 4.39 Å². The molecule has 0 saturated carbocycles. The summed E-state index contributed by atoms with van der Waals surface area (Å²) in [6, 6.07) is 11.9. The van der Waals surface area contributed by atoms with Gasteiger partial charge in [-0.3, -0.25) is 0 Å². The number of halogens is 3. The van der Waals surface area contributed by atoms with Crippen LogP contribution in [0.2, 0.25) is 10.0 Å². The molecule has 2 aromatic carbocycles. The summed E-state index contributed by atoms with van der Waals surface area (Å²) in [5.74, 6) is 0.336. The monoisotopic (exact) mass is 312 g/mol. The van der Waals surface area contributed by atoms with Crippen LogP contribution in [0.4, 0.5) is 4.39 Å². The van der Waals surface area contributed by atoms with Crippen LogP contribution in [0.3, 0.4) is 0 Å². The van der Waals surface area contributed by atoms with E-state index in [0.717, 1.165) is 24.8 Å². The molecule has 0 aromatic heterocycles. The Balaban J connectivity index is 1.73. The van der Waals surface area contributed by atoms with Crippen molar-refractivity contribution in [2.24, 2.45) is 0 Å². The molecule has 0 unspecified atom stereocenters. The van der Waals surface area contributed by atoms with E-state index >= 15 is 0 Å². The Bertz CT molecular complexity index is 535. The molecular weight excluding hydrogens is 298 g/mol. The molecule has 2 rings (SSSR count). The molecule has 0 fully saturated rings. The molecule has 0 radical (unpaired) electrons. The first-order chi connectivity index (χ1) is 9.66. The van der Waals surface area contributed by atoms with Crippen molar-refractivity contribution in [3.63, 3.8) is 0 Å². The molecule has 0 aliphatic heterocycles. The largest absolute Gasteiger partial charge is 0.490 e. The molecule has 0 bridgehead atoms. The highest BCUT2D eigenvalue weighted by Crippen LogP contribution is 2.32. The van der Waals surface area contributed by atoms with Crippen LogP contribution in [0.25, 0.3) is 0 Å². The molecule has 0 amide bonds. The van der Waals surface area contributed by atoms with Crippen LogP contribution in [0.5, 0.6) is 5.75 Å². The van der Waals surface area contributed by atoms with E-state index in [0.29, 0.717) is 22.4 Å². The van der Waals surface area contributed by atoms with Crippen molar-refractivity contribution in [1.29, 1.82) is 0 Å². The first-order valence-corrected chi connectivity index (χ1v) is 7.23. The van der Waals surface area contributed by atoms with Crippen LogP contribution in [-0.4, -0.2) is 6.61 Å². The van der Waals surface area contributed by atoms with Gasteiger partial charge in [-0.15, -0.1) is 0 Å². The van der Waals surface area contributed by atoms with E-state index in [1.165, 1.54) is 12.1 Å². The number of aryl methyl sites for hydroxylation is 1. The SMILES string of the molecule is Fc1ccc(CCCCOc2c(Cl)cccc2Cl)cc1. The van der Waals surface area contributed by atoms with E-state index in [4.69, 9.17) is 27.9 Å². The quantitative estimate of drug-likeness (QED) is 0.637. The van der Waals surface area contributed by atoms with Gasteiger partial charge in [-0.2, -0.15) is 0 Å². The number of hydrogen-bond acceptors (Lipinski definition) is 1. The zero-order valence-electron chi connectivity index (χ0n) is 10.9. The maximum atomic E-state index is 12.7. The van der Waals surface area contributed by atoms with Gasteiger partial charge in [0.1, 0.15) is 5.82 Å². The molecule has 0 N–H and O–H groups in total. The third-order valence-electron chi connectivity index (χ3n) is 2.94. The number of ether oxygens (including phenoxy) is 1. The maximum Gasteiger partial charge on any atom is 0.156 e. The topological polar surface area (TPSA) is 9.23 Å². The summed E-state index contributed by atoms with van der Waals surface area (Å²) < 4.78 is 18.3. The van der Waals surface area contributed by atoms with Gasteiger partial charge >= 0.3 is 0 Å². The number of para-hydroxylation sites is 1.